The Labute approximate surface area is 141 Å². The molecule has 0 spiro atoms. The average Bonchev–Trinajstić information content (AvgIpc) is 2.56. The number of hydrogen-bond acceptors (Lipinski definition) is 3. The van der Waals surface area contributed by atoms with Gasteiger partial charge in [0.05, 0.1) is 9.13 Å². The Kier molecular flexibility index (Phi) is 4.81. The lowest BCUT2D eigenvalue weighted by Gasteiger charge is -2.28. The van der Waals surface area contributed by atoms with E-state index in [4.69, 9.17) is 4.74 Å². The fourth-order valence-corrected chi connectivity index (χ4v) is 3.28. The number of rotatable bonds is 1. The number of halogens is 1. The van der Waals surface area contributed by atoms with Gasteiger partial charge in [0.1, 0.15) is 13.8 Å². The van der Waals surface area contributed by atoms with Gasteiger partial charge in [-0.1, -0.05) is 25.7 Å². The maximum Gasteiger partial charge on any atom is 0.223 e. The van der Waals surface area contributed by atoms with E-state index in [1.807, 2.05) is 25.2 Å². The molecule has 0 aromatic heterocycles. The van der Waals surface area contributed by atoms with Crippen molar-refractivity contribution >= 4 is 36.4 Å². The van der Waals surface area contributed by atoms with Gasteiger partial charge < -0.3 is 4.74 Å². The second-order valence-electron chi connectivity index (χ2n) is 6.22. The monoisotopic (exact) mass is 413 g/mol. The number of ether oxygens (including phenoxy) is 1. The van der Waals surface area contributed by atoms with Gasteiger partial charge >= 0.3 is 0 Å². The summed E-state index contributed by atoms with van der Waals surface area (Å²) in [5.74, 6) is 4.05. The predicted molar refractivity (Wildman–Crippen MR) is 96.3 cm³/mol. The molecule has 0 bridgehead atoms. The highest BCUT2D eigenvalue weighted by atomic mass is 127. The van der Waals surface area contributed by atoms with E-state index >= 15 is 0 Å². The van der Waals surface area contributed by atoms with E-state index in [0.717, 1.165) is 3.57 Å². The van der Waals surface area contributed by atoms with Crippen LogP contribution >= 0.6 is 22.6 Å². The number of carbonyl (C=O) groups is 1. The van der Waals surface area contributed by atoms with Crippen LogP contribution in [0.2, 0.25) is 19.6 Å². The summed E-state index contributed by atoms with van der Waals surface area (Å²) in [4.78, 5) is 12.3. The van der Waals surface area contributed by atoms with Crippen LogP contribution < -0.4 is 10.1 Å². The number of nitrogens with one attached hydrogen (secondary N) is 1. The summed E-state index contributed by atoms with van der Waals surface area (Å²) in [6.07, 6.45) is 0.999. The second-order valence-corrected chi connectivity index (χ2v) is 12.1. The molecule has 1 heterocycles. The molecule has 0 fully saturated rings. The fourth-order valence-electron chi connectivity index (χ4n) is 2.10. The minimum atomic E-state index is -1.51. The van der Waals surface area contributed by atoms with Crippen LogP contribution in [0.25, 0.3) is 0 Å². The molecular weight excluding hydrogens is 393 g/mol. The molecule has 1 aliphatic rings. The van der Waals surface area contributed by atoms with E-state index in [-0.39, 0.29) is 5.78 Å². The largest absolute Gasteiger partial charge is 0.460 e. The van der Waals surface area contributed by atoms with Gasteiger partial charge in [-0.25, -0.2) is 0 Å². The van der Waals surface area contributed by atoms with Crippen molar-refractivity contribution in [2.75, 3.05) is 7.05 Å². The summed E-state index contributed by atoms with van der Waals surface area (Å²) >= 11 is 2.20. The van der Waals surface area contributed by atoms with Crippen molar-refractivity contribution in [3.05, 3.63) is 27.3 Å². The molecule has 1 N–H and O–H groups in total. The molecule has 1 atom stereocenters. The zero-order valence-electron chi connectivity index (χ0n) is 12.8. The maximum absolute atomic E-state index is 12.3. The van der Waals surface area contributed by atoms with Crippen molar-refractivity contribution < 1.29 is 9.53 Å². The first-order chi connectivity index (χ1) is 9.76. The van der Waals surface area contributed by atoms with Crippen molar-refractivity contribution in [2.24, 2.45) is 0 Å². The molecular formula is C16H20INO2Si. The number of carbonyl (C=O) groups excluding carboxylic acids is 1. The predicted octanol–water partition coefficient (Wildman–Crippen LogP) is 3.44. The van der Waals surface area contributed by atoms with Gasteiger partial charge in [-0.2, -0.15) is 0 Å². The zero-order valence-corrected chi connectivity index (χ0v) is 16.0. The van der Waals surface area contributed by atoms with Crippen LogP contribution in [0.3, 0.4) is 0 Å². The van der Waals surface area contributed by atoms with Gasteiger partial charge in [0.25, 0.3) is 0 Å². The van der Waals surface area contributed by atoms with Crippen LogP contribution in [-0.4, -0.2) is 26.6 Å². The molecule has 0 radical (unpaired) electrons. The third kappa shape index (κ3) is 3.87. The summed E-state index contributed by atoms with van der Waals surface area (Å²) in [7, 11) is 0.326. The Balaban J connectivity index is 2.49. The van der Waals surface area contributed by atoms with E-state index in [9.17, 15) is 4.79 Å². The van der Waals surface area contributed by atoms with Gasteiger partial charge in [0.2, 0.25) is 5.72 Å². The number of Topliss-reactive ketones (excluding diaryl/α,β-unsaturated/α-hetero) is 1. The van der Waals surface area contributed by atoms with Crippen LogP contribution in [0.1, 0.15) is 23.2 Å². The van der Waals surface area contributed by atoms with Gasteiger partial charge in [-0.15, -0.1) is 5.54 Å². The van der Waals surface area contributed by atoms with E-state index in [1.54, 1.807) is 0 Å². The lowest BCUT2D eigenvalue weighted by molar-refractivity contribution is 0.0868. The van der Waals surface area contributed by atoms with E-state index in [0.29, 0.717) is 24.2 Å². The Morgan fingerprint density at radius 2 is 2.10 bits per heavy atom. The molecule has 0 saturated heterocycles. The Bertz CT molecular complexity index is 627. The van der Waals surface area contributed by atoms with Crippen LogP contribution in [0, 0.1) is 15.0 Å². The van der Waals surface area contributed by atoms with Gasteiger partial charge in [-0.05, 0) is 47.7 Å². The lowest BCUT2D eigenvalue weighted by Crippen LogP contribution is -2.47. The molecule has 1 aromatic carbocycles. The Hall–Kier alpha value is -0.843. The third-order valence-corrected chi connectivity index (χ3v) is 5.02. The summed E-state index contributed by atoms with van der Waals surface area (Å²) in [5, 5.41) is 3.19. The van der Waals surface area contributed by atoms with Crippen LogP contribution in [0.15, 0.2) is 18.2 Å². The maximum atomic E-state index is 12.3. The molecule has 0 saturated carbocycles. The lowest BCUT2D eigenvalue weighted by atomic mass is 10.0. The van der Waals surface area contributed by atoms with Crippen molar-refractivity contribution in [2.45, 2.75) is 38.2 Å². The van der Waals surface area contributed by atoms with Crippen LogP contribution in [0.4, 0.5) is 0 Å². The number of para-hydroxylation sites is 1. The third-order valence-electron chi connectivity index (χ3n) is 3.29. The highest BCUT2D eigenvalue weighted by Crippen LogP contribution is 2.34. The minimum absolute atomic E-state index is 0.121. The van der Waals surface area contributed by atoms with Crippen molar-refractivity contribution in [3.63, 3.8) is 0 Å². The molecule has 0 aliphatic carbocycles. The number of hydrogen-bond donors (Lipinski definition) is 1. The molecule has 3 nitrogen and oxygen atoms in total. The van der Waals surface area contributed by atoms with E-state index < -0.39 is 13.8 Å². The van der Waals surface area contributed by atoms with Crippen molar-refractivity contribution in [1.82, 2.24) is 5.32 Å². The quantitative estimate of drug-likeness (QED) is 0.436. The van der Waals surface area contributed by atoms with E-state index in [1.165, 1.54) is 0 Å². The summed E-state index contributed by atoms with van der Waals surface area (Å²) in [6, 6.07) is 5.67. The first kappa shape index (κ1) is 16.5. The van der Waals surface area contributed by atoms with Gasteiger partial charge in [0.15, 0.2) is 5.78 Å². The molecule has 1 aliphatic heterocycles. The van der Waals surface area contributed by atoms with Gasteiger partial charge in [0, 0.05) is 12.8 Å². The highest BCUT2D eigenvalue weighted by Gasteiger charge is 2.35. The van der Waals surface area contributed by atoms with Crippen LogP contribution in [0.5, 0.6) is 5.75 Å². The smallest absolute Gasteiger partial charge is 0.223 e. The molecule has 0 amide bonds. The fraction of sp³-hybridized carbons (Fsp3) is 0.438. The van der Waals surface area contributed by atoms with Crippen molar-refractivity contribution in [3.8, 4) is 17.2 Å². The van der Waals surface area contributed by atoms with Crippen LogP contribution in [-0.2, 0) is 0 Å². The standard InChI is InChI=1S/C16H20INO2Si/c1-18-16(10-11-21(2,3)4)9-8-14(19)12-6-5-7-13(17)15(12)20-16/h5-7,18H,8-9H2,1-4H3. The molecule has 112 valence electrons. The Morgan fingerprint density at radius 1 is 1.38 bits per heavy atom. The van der Waals surface area contributed by atoms with E-state index in [2.05, 4.69) is 59.0 Å². The number of ketones is 1. The molecule has 5 heteroatoms. The minimum Gasteiger partial charge on any atom is -0.460 e. The number of benzene rings is 1. The first-order valence-corrected chi connectivity index (χ1v) is 11.6. The Morgan fingerprint density at radius 3 is 2.71 bits per heavy atom. The topological polar surface area (TPSA) is 38.3 Å². The molecule has 2 rings (SSSR count). The summed E-state index contributed by atoms with van der Waals surface area (Å²) in [6.45, 7) is 6.59. The first-order valence-electron chi connectivity index (χ1n) is 7.00. The van der Waals surface area contributed by atoms with Crippen molar-refractivity contribution in [1.29, 1.82) is 0 Å². The second kappa shape index (κ2) is 6.11. The summed E-state index contributed by atoms with van der Waals surface area (Å²) in [5.41, 5.74) is 3.25. The molecule has 1 aromatic rings. The normalized spacial score (nSPS) is 21.7. The SMILES string of the molecule is CNC1(C#C[Si](C)(C)C)CCC(=O)c2cccc(I)c2O1. The highest BCUT2D eigenvalue weighted by molar-refractivity contribution is 14.1. The van der Waals surface area contributed by atoms with Gasteiger partial charge in [-0.3, -0.25) is 10.1 Å². The zero-order chi connectivity index (χ0) is 15.7. The summed E-state index contributed by atoms with van der Waals surface area (Å²) < 4.78 is 7.14. The average molecular weight is 413 g/mol. The molecule has 21 heavy (non-hydrogen) atoms. The molecule has 1 unspecified atom stereocenters. The number of fused-ring (bicyclic) bond motifs is 1.